The fraction of sp³-hybridized carbons (Fsp3) is 0.538. The molecule has 0 radical (unpaired) electrons. The molecule has 0 fully saturated rings. The maximum atomic E-state index is 9.79. The third kappa shape index (κ3) is 3.52. The van der Waals surface area contributed by atoms with E-state index >= 15 is 0 Å². The van der Waals surface area contributed by atoms with Gasteiger partial charge in [0.2, 0.25) is 0 Å². The predicted molar refractivity (Wildman–Crippen MR) is 73.1 cm³/mol. The molecule has 0 saturated heterocycles. The van der Waals surface area contributed by atoms with Gasteiger partial charge in [0.1, 0.15) is 0 Å². The van der Waals surface area contributed by atoms with Crippen LogP contribution in [-0.4, -0.2) is 42.8 Å². The van der Waals surface area contributed by atoms with E-state index in [-0.39, 0.29) is 6.10 Å². The number of benzene rings is 1. The van der Waals surface area contributed by atoms with Gasteiger partial charge in [-0.3, -0.25) is 4.90 Å². The molecule has 1 heterocycles. The van der Waals surface area contributed by atoms with E-state index < -0.39 is 0 Å². The van der Waals surface area contributed by atoms with Gasteiger partial charge >= 0.3 is 0 Å². The van der Waals surface area contributed by atoms with Crippen LogP contribution in [-0.2, 0) is 13.0 Å². The first-order valence-electron chi connectivity index (χ1n) is 6.01. The van der Waals surface area contributed by atoms with Crippen LogP contribution >= 0.6 is 15.9 Å². The largest absolute Gasteiger partial charge is 0.390 e. The standard InChI is InChI=1S/C13H19BrN2O/c1-15-7-13(17)9-16-5-4-10-2-3-12(14)6-11(10)8-16/h2-3,6,13,15,17H,4-5,7-9H2,1H3. The van der Waals surface area contributed by atoms with E-state index in [0.717, 1.165) is 30.5 Å². The molecule has 3 nitrogen and oxygen atoms in total. The van der Waals surface area contributed by atoms with Crippen molar-refractivity contribution in [3.05, 3.63) is 33.8 Å². The van der Waals surface area contributed by atoms with Crippen molar-refractivity contribution >= 4 is 15.9 Å². The highest BCUT2D eigenvalue weighted by Crippen LogP contribution is 2.22. The highest BCUT2D eigenvalue weighted by Gasteiger charge is 2.18. The fourth-order valence-corrected chi connectivity index (χ4v) is 2.75. The van der Waals surface area contributed by atoms with Gasteiger partial charge in [-0.05, 0) is 36.7 Å². The van der Waals surface area contributed by atoms with Crippen LogP contribution in [0.1, 0.15) is 11.1 Å². The first-order valence-corrected chi connectivity index (χ1v) is 6.80. The van der Waals surface area contributed by atoms with Crippen molar-refractivity contribution < 1.29 is 5.11 Å². The Morgan fingerprint density at radius 1 is 1.47 bits per heavy atom. The van der Waals surface area contributed by atoms with Crippen LogP contribution in [0, 0.1) is 0 Å². The minimum absolute atomic E-state index is 0.284. The summed E-state index contributed by atoms with van der Waals surface area (Å²) in [4.78, 5) is 2.32. The summed E-state index contributed by atoms with van der Waals surface area (Å²) < 4.78 is 1.13. The number of likely N-dealkylation sites (N-methyl/N-ethyl adjacent to an activating group) is 1. The lowest BCUT2D eigenvalue weighted by atomic mass is 10.00. The number of aliphatic hydroxyl groups is 1. The molecule has 0 aromatic heterocycles. The molecule has 0 saturated carbocycles. The van der Waals surface area contributed by atoms with E-state index in [9.17, 15) is 5.11 Å². The van der Waals surface area contributed by atoms with Gasteiger partial charge in [-0.2, -0.15) is 0 Å². The van der Waals surface area contributed by atoms with E-state index in [1.165, 1.54) is 11.1 Å². The van der Waals surface area contributed by atoms with E-state index in [1.54, 1.807) is 0 Å². The Hall–Kier alpha value is -0.420. The lowest BCUT2D eigenvalue weighted by Gasteiger charge is -2.30. The van der Waals surface area contributed by atoms with E-state index in [4.69, 9.17) is 0 Å². The SMILES string of the molecule is CNCC(O)CN1CCc2ccc(Br)cc2C1. The average Bonchev–Trinajstić information content (AvgIpc) is 2.28. The molecular weight excluding hydrogens is 280 g/mol. The van der Waals surface area contributed by atoms with Crippen molar-refractivity contribution in [2.75, 3.05) is 26.7 Å². The number of β-amino-alcohol motifs (C(OH)–C–C–N with tert-alkyl or cyclic N) is 1. The monoisotopic (exact) mass is 298 g/mol. The zero-order valence-electron chi connectivity index (χ0n) is 10.1. The lowest BCUT2D eigenvalue weighted by Crippen LogP contribution is -2.40. The fourth-order valence-electron chi connectivity index (χ4n) is 2.34. The van der Waals surface area contributed by atoms with Crippen molar-refractivity contribution in [1.29, 1.82) is 0 Å². The van der Waals surface area contributed by atoms with Crippen molar-refractivity contribution in [2.24, 2.45) is 0 Å². The van der Waals surface area contributed by atoms with E-state index in [2.05, 4.69) is 44.3 Å². The van der Waals surface area contributed by atoms with Gasteiger partial charge in [-0.15, -0.1) is 0 Å². The molecule has 2 rings (SSSR count). The molecular formula is C13H19BrN2O. The van der Waals surface area contributed by atoms with Crippen molar-refractivity contribution in [3.8, 4) is 0 Å². The van der Waals surface area contributed by atoms with Crippen molar-refractivity contribution in [1.82, 2.24) is 10.2 Å². The predicted octanol–water partition coefficient (Wildman–Crippen LogP) is 1.39. The van der Waals surface area contributed by atoms with Gasteiger partial charge in [0.15, 0.2) is 0 Å². The molecule has 2 N–H and O–H groups in total. The zero-order valence-corrected chi connectivity index (χ0v) is 11.7. The van der Waals surface area contributed by atoms with Crippen LogP contribution in [0.5, 0.6) is 0 Å². The first-order chi connectivity index (χ1) is 8.19. The lowest BCUT2D eigenvalue weighted by molar-refractivity contribution is 0.106. The Labute approximate surface area is 111 Å². The Morgan fingerprint density at radius 2 is 2.29 bits per heavy atom. The summed E-state index contributed by atoms with van der Waals surface area (Å²) >= 11 is 3.51. The molecule has 0 spiro atoms. The summed E-state index contributed by atoms with van der Waals surface area (Å²) in [5, 5.41) is 12.8. The molecule has 1 unspecified atom stereocenters. The van der Waals surface area contributed by atoms with Crippen LogP contribution in [0.15, 0.2) is 22.7 Å². The molecule has 1 aliphatic rings. The topological polar surface area (TPSA) is 35.5 Å². The first kappa shape index (κ1) is 13.0. The summed E-state index contributed by atoms with van der Waals surface area (Å²) in [7, 11) is 1.87. The van der Waals surface area contributed by atoms with Gasteiger partial charge in [-0.25, -0.2) is 0 Å². The normalized spacial score (nSPS) is 17.8. The smallest absolute Gasteiger partial charge is 0.0791 e. The minimum Gasteiger partial charge on any atom is -0.390 e. The molecule has 4 heteroatoms. The van der Waals surface area contributed by atoms with Crippen LogP contribution in [0.3, 0.4) is 0 Å². The number of hydrogen-bond acceptors (Lipinski definition) is 3. The van der Waals surface area contributed by atoms with Gasteiger partial charge in [0, 0.05) is 30.7 Å². The zero-order chi connectivity index (χ0) is 12.3. The third-order valence-corrected chi connectivity index (χ3v) is 3.66. The third-order valence-electron chi connectivity index (χ3n) is 3.17. The minimum atomic E-state index is -0.284. The second kappa shape index (κ2) is 5.96. The highest BCUT2D eigenvalue weighted by molar-refractivity contribution is 9.10. The second-order valence-corrected chi connectivity index (χ2v) is 5.53. The quantitative estimate of drug-likeness (QED) is 0.882. The molecule has 1 aromatic rings. The van der Waals surface area contributed by atoms with Crippen LogP contribution < -0.4 is 5.32 Å². The summed E-state index contributed by atoms with van der Waals surface area (Å²) in [5.41, 5.74) is 2.81. The Morgan fingerprint density at radius 3 is 3.06 bits per heavy atom. The van der Waals surface area contributed by atoms with Gasteiger partial charge in [0.25, 0.3) is 0 Å². The molecule has 0 amide bonds. The number of rotatable bonds is 4. The van der Waals surface area contributed by atoms with Gasteiger partial charge in [-0.1, -0.05) is 22.0 Å². The number of aliphatic hydroxyl groups excluding tert-OH is 1. The summed E-state index contributed by atoms with van der Waals surface area (Å²) in [6, 6.07) is 6.48. The number of nitrogens with zero attached hydrogens (tertiary/aromatic N) is 1. The van der Waals surface area contributed by atoms with Crippen LogP contribution in [0.25, 0.3) is 0 Å². The maximum absolute atomic E-state index is 9.79. The van der Waals surface area contributed by atoms with Crippen molar-refractivity contribution in [2.45, 2.75) is 19.1 Å². The summed E-state index contributed by atoms with van der Waals surface area (Å²) in [6.45, 7) is 3.37. The van der Waals surface area contributed by atoms with Gasteiger partial charge < -0.3 is 10.4 Å². The summed E-state index contributed by atoms with van der Waals surface area (Å²) in [5.74, 6) is 0. The molecule has 0 bridgehead atoms. The Bertz CT molecular complexity index is 384. The summed E-state index contributed by atoms with van der Waals surface area (Å²) in [6.07, 6.45) is 0.795. The highest BCUT2D eigenvalue weighted by atomic mass is 79.9. The molecule has 17 heavy (non-hydrogen) atoms. The van der Waals surface area contributed by atoms with E-state index in [0.29, 0.717) is 6.54 Å². The molecule has 94 valence electrons. The van der Waals surface area contributed by atoms with Gasteiger partial charge in [0.05, 0.1) is 6.10 Å². The average molecular weight is 299 g/mol. The number of nitrogens with one attached hydrogen (secondary N) is 1. The molecule has 0 aliphatic carbocycles. The number of halogens is 1. The van der Waals surface area contributed by atoms with E-state index in [1.807, 2.05) is 7.05 Å². The maximum Gasteiger partial charge on any atom is 0.0791 e. The number of fused-ring (bicyclic) bond motifs is 1. The van der Waals surface area contributed by atoms with Crippen LogP contribution in [0.2, 0.25) is 0 Å². The number of hydrogen-bond donors (Lipinski definition) is 2. The van der Waals surface area contributed by atoms with Crippen molar-refractivity contribution in [3.63, 3.8) is 0 Å². The molecule has 1 aliphatic heterocycles. The Balaban J connectivity index is 1.98. The van der Waals surface area contributed by atoms with Crippen LogP contribution in [0.4, 0.5) is 0 Å². The molecule has 1 atom stereocenters. The molecule has 1 aromatic carbocycles. The Kier molecular flexibility index (Phi) is 4.56. The second-order valence-electron chi connectivity index (χ2n) is 4.61.